The van der Waals surface area contributed by atoms with Crippen LogP contribution in [-0.4, -0.2) is 66.2 Å². The van der Waals surface area contributed by atoms with Crippen LogP contribution >= 0.6 is 0 Å². The Balaban J connectivity index is 1.95. The number of likely N-dealkylation sites (tertiary alicyclic amines) is 1. The second-order valence-corrected chi connectivity index (χ2v) is 8.10. The number of rotatable bonds is 6. The van der Waals surface area contributed by atoms with Crippen LogP contribution in [0.25, 0.3) is 0 Å². The fourth-order valence-electron chi connectivity index (χ4n) is 3.39. The molecule has 3 atom stereocenters. The molecule has 156 valence electrons. The van der Waals surface area contributed by atoms with E-state index in [1.54, 1.807) is 26.8 Å². The minimum absolute atomic E-state index is 0.191. The molecule has 0 unspecified atom stereocenters. The van der Waals surface area contributed by atoms with Crippen molar-refractivity contribution >= 4 is 23.9 Å². The normalized spacial score (nSPS) is 26.2. The Morgan fingerprint density at radius 3 is 2.50 bits per heavy atom. The molecule has 3 amide bonds. The maximum Gasteiger partial charge on any atom is 0.408 e. The molecule has 0 aromatic heterocycles. The van der Waals surface area contributed by atoms with Gasteiger partial charge in [0.1, 0.15) is 23.7 Å². The molecular formula is C19H29N3O6. The molecule has 0 aromatic rings. The average molecular weight is 395 g/mol. The van der Waals surface area contributed by atoms with Crippen molar-refractivity contribution in [2.24, 2.45) is 5.92 Å². The van der Waals surface area contributed by atoms with Crippen molar-refractivity contribution in [2.45, 2.75) is 57.2 Å². The Bertz CT molecular complexity index is 671. The van der Waals surface area contributed by atoms with Crippen molar-refractivity contribution in [3.63, 3.8) is 0 Å². The van der Waals surface area contributed by atoms with Crippen molar-refractivity contribution in [1.29, 1.82) is 0 Å². The summed E-state index contributed by atoms with van der Waals surface area (Å²) < 4.78 is 9.91. The number of nitrogens with zero attached hydrogens (tertiary/aromatic N) is 1. The minimum Gasteiger partial charge on any atom is -0.467 e. The van der Waals surface area contributed by atoms with Crippen molar-refractivity contribution in [2.75, 3.05) is 20.2 Å². The molecule has 1 aliphatic heterocycles. The number of amides is 3. The first-order valence-corrected chi connectivity index (χ1v) is 9.33. The van der Waals surface area contributed by atoms with E-state index in [9.17, 15) is 19.2 Å². The van der Waals surface area contributed by atoms with Crippen LogP contribution in [0.5, 0.6) is 0 Å². The van der Waals surface area contributed by atoms with Crippen LogP contribution in [0.4, 0.5) is 4.79 Å². The number of hydrogen-bond donors (Lipinski definition) is 2. The zero-order chi connectivity index (χ0) is 21.1. The third-order valence-electron chi connectivity index (χ3n) is 4.85. The molecule has 2 fully saturated rings. The predicted molar refractivity (Wildman–Crippen MR) is 100 cm³/mol. The summed E-state index contributed by atoms with van der Waals surface area (Å²) in [5, 5.41) is 5.16. The molecule has 28 heavy (non-hydrogen) atoms. The smallest absolute Gasteiger partial charge is 0.408 e. The van der Waals surface area contributed by atoms with E-state index < -0.39 is 35.2 Å². The summed E-state index contributed by atoms with van der Waals surface area (Å²) >= 11 is 0. The summed E-state index contributed by atoms with van der Waals surface area (Å²) in [4.78, 5) is 50.5. The Hall–Kier alpha value is -2.58. The maximum absolute atomic E-state index is 12.8. The van der Waals surface area contributed by atoms with Gasteiger partial charge in [0.15, 0.2) is 0 Å². The highest BCUT2D eigenvalue weighted by Gasteiger charge is 2.61. The predicted octanol–water partition coefficient (Wildman–Crippen LogP) is 0.736. The van der Waals surface area contributed by atoms with E-state index in [0.717, 1.165) is 0 Å². The van der Waals surface area contributed by atoms with Crippen LogP contribution in [0.1, 0.15) is 40.0 Å². The van der Waals surface area contributed by atoms with E-state index in [1.807, 2.05) is 0 Å². The second-order valence-electron chi connectivity index (χ2n) is 8.10. The Morgan fingerprint density at radius 2 is 1.96 bits per heavy atom. The molecule has 0 aromatic carbocycles. The standard InChI is InChI=1S/C19H29N3O6/c1-6-12-10-19(12,16(25)27-5)21-15(24)13-8-7-9-22(13)14(23)11-20-17(26)28-18(2,3)4/h6,12-13H,1,7-11H2,2-5H3,(H,20,26)(H,21,24)/t12-,13+,19-/m1/s1. The summed E-state index contributed by atoms with van der Waals surface area (Å²) in [6, 6.07) is -0.694. The van der Waals surface area contributed by atoms with Gasteiger partial charge in [-0.3, -0.25) is 9.59 Å². The van der Waals surface area contributed by atoms with Crippen LogP contribution in [0.2, 0.25) is 0 Å². The number of esters is 1. The quantitative estimate of drug-likeness (QED) is 0.506. The first-order valence-electron chi connectivity index (χ1n) is 9.33. The lowest BCUT2D eigenvalue weighted by Crippen LogP contribution is -2.54. The second kappa shape index (κ2) is 8.20. The highest BCUT2D eigenvalue weighted by Crippen LogP contribution is 2.45. The van der Waals surface area contributed by atoms with Gasteiger partial charge < -0.3 is 25.0 Å². The summed E-state index contributed by atoms with van der Waals surface area (Å²) in [6.07, 6.45) is 2.49. The van der Waals surface area contributed by atoms with Gasteiger partial charge in [0, 0.05) is 12.5 Å². The van der Waals surface area contributed by atoms with Crippen molar-refractivity contribution in [1.82, 2.24) is 15.5 Å². The zero-order valence-electron chi connectivity index (χ0n) is 16.9. The fraction of sp³-hybridized carbons (Fsp3) is 0.684. The number of carbonyl (C=O) groups excluding carboxylic acids is 4. The largest absolute Gasteiger partial charge is 0.467 e. The number of hydrogen-bond acceptors (Lipinski definition) is 6. The van der Waals surface area contributed by atoms with Gasteiger partial charge >= 0.3 is 12.1 Å². The Kier molecular flexibility index (Phi) is 6.36. The molecule has 9 heteroatoms. The van der Waals surface area contributed by atoms with Crippen LogP contribution in [-0.2, 0) is 23.9 Å². The van der Waals surface area contributed by atoms with Gasteiger partial charge in [-0.05, 0) is 40.0 Å². The number of carbonyl (C=O) groups is 4. The van der Waals surface area contributed by atoms with E-state index in [0.29, 0.717) is 25.8 Å². The summed E-state index contributed by atoms with van der Waals surface area (Å²) in [6.45, 7) is 8.98. The monoisotopic (exact) mass is 395 g/mol. The molecule has 2 N–H and O–H groups in total. The lowest BCUT2D eigenvalue weighted by Gasteiger charge is -2.26. The van der Waals surface area contributed by atoms with E-state index in [4.69, 9.17) is 9.47 Å². The number of methoxy groups -OCH3 is 1. The Labute approximate surface area is 164 Å². The molecule has 9 nitrogen and oxygen atoms in total. The van der Waals surface area contributed by atoms with Gasteiger partial charge in [-0.25, -0.2) is 9.59 Å². The third kappa shape index (κ3) is 4.82. The van der Waals surface area contributed by atoms with Gasteiger partial charge in [-0.1, -0.05) is 6.08 Å². The summed E-state index contributed by atoms with van der Waals surface area (Å²) in [5.74, 6) is -1.50. The molecule has 2 rings (SSSR count). The number of nitrogens with one attached hydrogen (secondary N) is 2. The SMILES string of the molecule is C=C[C@@H]1C[C@]1(NC(=O)[C@@H]1CCCN1C(=O)CNC(=O)OC(C)(C)C)C(=O)OC. The van der Waals surface area contributed by atoms with Crippen LogP contribution in [0.15, 0.2) is 12.7 Å². The highest BCUT2D eigenvalue weighted by atomic mass is 16.6. The van der Waals surface area contributed by atoms with Crippen molar-refractivity contribution in [3.05, 3.63) is 12.7 Å². The lowest BCUT2D eigenvalue weighted by atomic mass is 10.1. The molecule has 2 aliphatic rings. The molecule has 1 saturated heterocycles. The fourth-order valence-corrected chi connectivity index (χ4v) is 3.39. The summed E-state index contributed by atoms with van der Waals surface area (Å²) in [7, 11) is 1.27. The van der Waals surface area contributed by atoms with Gasteiger partial charge in [0.2, 0.25) is 11.8 Å². The first kappa shape index (κ1) is 21.7. The molecule has 0 bridgehead atoms. The van der Waals surface area contributed by atoms with Crippen LogP contribution in [0, 0.1) is 5.92 Å². The number of alkyl carbamates (subject to hydrolysis) is 1. The van der Waals surface area contributed by atoms with Gasteiger partial charge in [-0.15, -0.1) is 6.58 Å². The van der Waals surface area contributed by atoms with Crippen molar-refractivity contribution in [3.8, 4) is 0 Å². The molecule has 1 saturated carbocycles. The lowest BCUT2D eigenvalue weighted by molar-refractivity contribution is -0.148. The van der Waals surface area contributed by atoms with Gasteiger partial charge in [-0.2, -0.15) is 0 Å². The van der Waals surface area contributed by atoms with E-state index in [-0.39, 0.29) is 18.4 Å². The first-order chi connectivity index (χ1) is 13.0. The van der Waals surface area contributed by atoms with E-state index in [1.165, 1.54) is 12.0 Å². The number of ether oxygens (including phenoxy) is 2. The molecule has 1 aliphatic carbocycles. The average Bonchev–Trinajstić information content (AvgIpc) is 3.10. The van der Waals surface area contributed by atoms with Crippen LogP contribution in [0.3, 0.4) is 0 Å². The van der Waals surface area contributed by atoms with Gasteiger partial charge in [0.05, 0.1) is 7.11 Å². The molecule has 1 heterocycles. The van der Waals surface area contributed by atoms with Crippen molar-refractivity contribution < 1.29 is 28.7 Å². The van der Waals surface area contributed by atoms with Gasteiger partial charge in [0.25, 0.3) is 0 Å². The third-order valence-corrected chi connectivity index (χ3v) is 4.85. The topological polar surface area (TPSA) is 114 Å². The highest BCUT2D eigenvalue weighted by molar-refractivity contribution is 5.95. The molecule has 0 radical (unpaired) electrons. The van der Waals surface area contributed by atoms with E-state index in [2.05, 4.69) is 17.2 Å². The van der Waals surface area contributed by atoms with Crippen LogP contribution < -0.4 is 10.6 Å². The van der Waals surface area contributed by atoms with E-state index >= 15 is 0 Å². The summed E-state index contributed by atoms with van der Waals surface area (Å²) in [5.41, 5.74) is -1.77. The zero-order valence-corrected chi connectivity index (χ0v) is 16.9. The molecular weight excluding hydrogens is 366 g/mol. The molecule has 0 spiro atoms. The maximum atomic E-state index is 12.8. The Morgan fingerprint density at radius 1 is 1.29 bits per heavy atom. The minimum atomic E-state index is -1.10.